The highest BCUT2D eigenvalue weighted by Crippen LogP contribution is 2.10. The monoisotopic (exact) mass is 238 g/mol. The van der Waals surface area contributed by atoms with Gasteiger partial charge < -0.3 is 5.11 Å². The predicted octanol–water partition coefficient (Wildman–Crippen LogP) is 1.91. The summed E-state index contributed by atoms with van der Waals surface area (Å²) < 4.78 is 27.0. The highest BCUT2D eigenvalue weighted by Gasteiger charge is 2.11. The number of benzene rings is 1. The molecule has 0 amide bonds. The van der Waals surface area contributed by atoms with Gasteiger partial charge in [-0.05, 0) is 23.8 Å². The van der Waals surface area contributed by atoms with E-state index in [0.29, 0.717) is 5.56 Å². The summed E-state index contributed by atoms with van der Waals surface area (Å²) in [6.07, 6.45) is 1.32. The second-order valence-electron chi connectivity index (χ2n) is 3.46. The van der Waals surface area contributed by atoms with Crippen LogP contribution in [0.4, 0.5) is 8.78 Å². The fourth-order valence-electron chi connectivity index (χ4n) is 1.52. The molecule has 0 atom stereocenters. The number of hydrogen-bond acceptors (Lipinski definition) is 2. The summed E-state index contributed by atoms with van der Waals surface area (Å²) >= 11 is 0. The molecule has 2 aromatic rings. The number of carboxylic acid groups (broad SMARTS) is 1. The standard InChI is InChI=1S/C11H8F2N2O2/c12-8-3-7(4-9(13)5-8)6-15-10(11(16)17)1-2-14-15/h1-5H,6H2,(H,16,17). The zero-order chi connectivity index (χ0) is 12.4. The maximum absolute atomic E-state index is 12.9. The van der Waals surface area contributed by atoms with Gasteiger partial charge in [0.2, 0.25) is 0 Å². The molecule has 0 aliphatic rings. The summed E-state index contributed by atoms with van der Waals surface area (Å²) in [5.74, 6) is -2.55. The maximum Gasteiger partial charge on any atom is 0.354 e. The average molecular weight is 238 g/mol. The molecule has 1 aromatic carbocycles. The van der Waals surface area contributed by atoms with E-state index in [2.05, 4.69) is 5.10 Å². The number of halogens is 2. The minimum Gasteiger partial charge on any atom is -0.477 e. The molecular formula is C11H8F2N2O2. The summed E-state index contributed by atoms with van der Waals surface area (Å²) in [5, 5.41) is 12.6. The van der Waals surface area contributed by atoms with E-state index < -0.39 is 17.6 Å². The number of nitrogens with zero attached hydrogens (tertiary/aromatic N) is 2. The van der Waals surface area contributed by atoms with Gasteiger partial charge in [-0.25, -0.2) is 13.6 Å². The Kier molecular flexibility index (Phi) is 2.86. The normalized spacial score (nSPS) is 10.5. The Hall–Kier alpha value is -2.24. The number of rotatable bonds is 3. The first-order valence-electron chi connectivity index (χ1n) is 4.76. The van der Waals surface area contributed by atoms with Crippen molar-refractivity contribution in [3.8, 4) is 0 Å². The van der Waals surface area contributed by atoms with Crippen LogP contribution in [0.5, 0.6) is 0 Å². The van der Waals surface area contributed by atoms with E-state index in [0.717, 1.165) is 22.9 Å². The van der Waals surface area contributed by atoms with Gasteiger partial charge in [0.15, 0.2) is 0 Å². The largest absolute Gasteiger partial charge is 0.477 e. The van der Waals surface area contributed by atoms with Gasteiger partial charge in [-0.1, -0.05) is 0 Å². The zero-order valence-corrected chi connectivity index (χ0v) is 8.60. The van der Waals surface area contributed by atoms with Crippen molar-refractivity contribution in [1.29, 1.82) is 0 Å². The molecule has 0 bridgehead atoms. The molecule has 4 nitrogen and oxygen atoms in total. The minimum absolute atomic E-state index is 0.00329. The summed E-state index contributed by atoms with van der Waals surface area (Å²) in [4.78, 5) is 10.8. The van der Waals surface area contributed by atoms with Crippen LogP contribution in [0, 0.1) is 11.6 Å². The van der Waals surface area contributed by atoms with Gasteiger partial charge in [0.05, 0.1) is 6.54 Å². The molecule has 0 spiro atoms. The summed E-state index contributed by atoms with van der Waals surface area (Å²) in [5.41, 5.74) is 0.281. The number of carboxylic acids is 1. The number of aromatic nitrogens is 2. The number of aromatic carboxylic acids is 1. The lowest BCUT2D eigenvalue weighted by atomic mass is 10.2. The quantitative estimate of drug-likeness (QED) is 0.888. The molecule has 1 heterocycles. The molecule has 0 aliphatic heterocycles. The fraction of sp³-hybridized carbons (Fsp3) is 0.0909. The van der Waals surface area contributed by atoms with Gasteiger partial charge in [-0.15, -0.1) is 0 Å². The van der Waals surface area contributed by atoms with Gasteiger partial charge >= 0.3 is 5.97 Å². The lowest BCUT2D eigenvalue weighted by molar-refractivity contribution is 0.0684. The predicted molar refractivity (Wildman–Crippen MR) is 54.6 cm³/mol. The highest BCUT2D eigenvalue weighted by atomic mass is 19.1. The Morgan fingerprint density at radius 1 is 1.29 bits per heavy atom. The van der Waals surface area contributed by atoms with Crippen LogP contribution in [0.15, 0.2) is 30.5 Å². The first-order chi connectivity index (χ1) is 8.06. The zero-order valence-electron chi connectivity index (χ0n) is 8.60. The van der Waals surface area contributed by atoms with Crippen LogP contribution in [-0.2, 0) is 6.54 Å². The van der Waals surface area contributed by atoms with Crippen molar-refractivity contribution in [3.05, 3.63) is 53.4 Å². The smallest absolute Gasteiger partial charge is 0.354 e. The van der Waals surface area contributed by atoms with Crippen LogP contribution in [0.1, 0.15) is 16.1 Å². The Bertz CT molecular complexity index is 546. The minimum atomic E-state index is -1.14. The van der Waals surface area contributed by atoms with E-state index in [1.807, 2.05) is 0 Å². The van der Waals surface area contributed by atoms with Crippen LogP contribution in [0.2, 0.25) is 0 Å². The summed E-state index contributed by atoms with van der Waals surface area (Å²) in [6, 6.07) is 4.34. The molecule has 0 saturated carbocycles. The summed E-state index contributed by atoms with van der Waals surface area (Å²) in [6.45, 7) is 0.00329. The Morgan fingerprint density at radius 3 is 2.53 bits per heavy atom. The molecule has 1 aromatic heterocycles. The van der Waals surface area contributed by atoms with Gasteiger partial charge in [0.1, 0.15) is 17.3 Å². The molecule has 2 rings (SSSR count). The number of carbonyl (C=O) groups is 1. The summed E-state index contributed by atoms with van der Waals surface area (Å²) in [7, 11) is 0. The van der Waals surface area contributed by atoms with Crippen LogP contribution in [0.3, 0.4) is 0 Å². The topological polar surface area (TPSA) is 55.1 Å². The second kappa shape index (κ2) is 4.32. The van der Waals surface area contributed by atoms with Crippen molar-refractivity contribution in [2.75, 3.05) is 0 Å². The third kappa shape index (κ3) is 2.47. The molecule has 17 heavy (non-hydrogen) atoms. The molecule has 0 fully saturated rings. The molecule has 0 unspecified atom stereocenters. The van der Waals surface area contributed by atoms with E-state index in [1.54, 1.807) is 0 Å². The van der Waals surface area contributed by atoms with E-state index >= 15 is 0 Å². The van der Waals surface area contributed by atoms with Crippen molar-refractivity contribution < 1.29 is 18.7 Å². The van der Waals surface area contributed by atoms with Crippen molar-refractivity contribution >= 4 is 5.97 Å². The highest BCUT2D eigenvalue weighted by molar-refractivity contribution is 5.85. The molecule has 0 aliphatic carbocycles. The molecule has 6 heteroatoms. The van der Waals surface area contributed by atoms with Crippen molar-refractivity contribution in [2.45, 2.75) is 6.54 Å². The van der Waals surface area contributed by atoms with Crippen LogP contribution in [0.25, 0.3) is 0 Å². The lowest BCUT2D eigenvalue weighted by Crippen LogP contribution is -2.11. The van der Waals surface area contributed by atoms with E-state index in [4.69, 9.17) is 5.11 Å². The van der Waals surface area contributed by atoms with E-state index in [-0.39, 0.29) is 12.2 Å². The maximum atomic E-state index is 12.9. The van der Waals surface area contributed by atoms with E-state index in [1.165, 1.54) is 12.3 Å². The molecule has 0 radical (unpaired) electrons. The van der Waals surface area contributed by atoms with Crippen LogP contribution >= 0.6 is 0 Å². The van der Waals surface area contributed by atoms with Gasteiger partial charge in [-0.2, -0.15) is 5.10 Å². The van der Waals surface area contributed by atoms with Gasteiger partial charge in [0, 0.05) is 12.3 Å². The Labute approximate surface area is 95.1 Å². The third-order valence-electron chi connectivity index (χ3n) is 2.19. The molecular weight excluding hydrogens is 230 g/mol. The fourth-order valence-corrected chi connectivity index (χ4v) is 1.52. The molecule has 0 saturated heterocycles. The SMILES string of the molecule is O=C(O)c1ccnn1Cc1cc(F)cc(F)c1. The molecule has 88 valence electrons. The van der Waals surface area contributed by atoms with Crippen molar-refractivity contribution in [1.82, 2.24) is 9.78 Å². The van der Waals surface area contributed by atoms with Crippen molar-refractivity contribution in [2.24, 2.45) is 0 Å². The first kappa shape index (κ1) is 11.3. The van der Waals surface area contributed by atoms with Crippen LogP contribution < -0.4 is 0 Å². The lowest BCUT2D eigenvalue weighted by Gasteiger charge is -2.05. The molecule has 1 N–H and O–H groups in total. The van der Waals surface area contributed by atoms with Crippen LogP contribution in [-0.4, -0.2) is 20.9 Å². The van der Waals surface area contributed by atoms with E-state index in [9.17, 15) is 13.6 Å². The Balaban J connectivity index is 2.31. The first-order valence-corrected chi connectivity index (χ1v) is 4.76. The van der Waals surface area contributed by atoms with Gasteiger partial charge in [-0.3, -0.25) is 4.68 Å². The Morgan fingerprint density at radius 2 is 1.94 bits per heavy atom. The second-order valence-corrected chi connectivity index (χ2v) is 3.46. The third-order valence-corrected chi connectivity index (χ3v) is 2.19. The van der Waals surface area contributed by atoms with Crippen molar-refractivity contribution in [3.63, 3.8) is 0 Å². The van der Waals surface area contributed by atoms with Gasteiger partial charge in [0.25, 0.3) is 0 Å². The average Bonchev–Trinajstić information content (AvgIpc) is 2.63. The number of hydrogen-bond donors (Lipinski definition) is 1.